The highest BCUT2D eigenvalue weighted by Gasteiger charge is 2.33. The lowest BCUT2D eigenvalue weighted by molar-refractivity contribution is 0.402. The van der Waals surface area contributed by atoms with Crippen LogP contribution in [0.4, 0.5) is 5.69 Å². The van der Waals surface area contributed by atoms with Gasteiger partial charge in [-0.2, -0.15) is 0 Å². The maximum Gasteiger partial charge on any atom is 0.268 e. The van der Waals surface area contributed by atoms with Crippen molar-refractivity contribution in [2.75, 3.05) is 18.0 Å². The zero-order chi connectivity index (χ0) is 19.0. The lowest BCUT2D eigenvalue weighted by Crippen LogP contribution is -2.29. The zero-order valence-corrected chi connectivity index (χ0v) is 16.2. The van der Waals surface area contributed by atoms with Gasteiger partial charge < -0.3 is 4.74 Å². The average Bonchev–Trinajstić information content (AvgIpc) is 3.12. The number of anilines is 1. The Balaban J connectivity index is 1.75. The van der Waals surface area contributed by atoms with E-state index >= 15 is 0 Å². The number of nitrogens with zero attached hydrogens (tertiary/aromatic N) is 2. The van der Waals surface area contributed by atoms with Crippen LogP contribution in [-0.4, -0.2) is 27.1 Å². The van der Waals surface area contributed by atoms with Crippen LogP contribution < -0.4 is 9.04 Å². The van der Waals surface area contributed by atoms with Gasteiger partial charge in [0.2, 0.25) is 0 Å². The van der Waals surface area contributed by atoms with E-state index in [1.54, 1.807) is 24.5 Å². The van der Waals surface area contributed by atoms with Crippen LogP contribution in [0.3, 0.4) is 0 Å². The second-order valence-corrected chi connectivity index (χ2v) is 8.47. The number of aromatic nitrogens is 1. The molecule has 0 aliphatic carbocycles. The third-order valence-electron chi connectivity index (χ3n) is 4.64. The highest BCUT2D eigenvalue weighted by molar-refractivity contribution is 7.93. The molecule has 3 aromatic rings. The van der Waals surface area contributed by atoms with Crippen molar-refractivity contribution in [1.29, 1.82) is 0 Å². The predicted octanol–water partition coefficient (Wildman–Crippen LogP) is 4.16. The molecule has 0 bridgehead atoms. The number of hydrogen-bond acceptors (Lipinski definition) is 4. The molecule has 1 aromatic heterocycles. The molecule has 0 amide bonds. The first kappa shape index (κ1) is 17.8. The van der Waals surface area contributed by atoms with Gasteiger partial charge in [0.25, 0.3) is 10.0 Å². The molecule has 0 radical (unpaired) electrons. The van der Waals surface area contributed by atoms with Crippen molar-refractivity contribution in [2.45, 2.75) is 11.3 Å². The molecule has 0 fully saturated rings. The van der Waals surface area contributed by atoms with Gasteiger partial charge in [0.05, 0.1) is 12.8 Å². The quantitative estimate of drug-likeness (QED) is 0.659. The summed E-state index contributed by atoms with van der Waals surface area (Å²) in [6.45, 7) is 0.382. The second kappa shape index (κ2) is 6.87. The number of fused-ring (bicyclic) bond motifs is 1. The van der Waals surface area contributed by atoms with Gasteiger partial charge >= 0.3 is 0 Å². The van der Waals surface area contributed by atoms with E-state index in [1.807, 2.05) is 30.3 Å². The van der Waals surface area contributed by atoms with Crippen LogP contribution in [0.1, 0.15) is 5.56 Å². The number of pyridine rings is 1. The highest BCUT2D eigenvalue weighted by atomic mass is 35.5. The fourth-order valence-corrected chi connectivity index (χ4v) is 5.24. The fourth-order valence-electron chi connectivity index (χ4n) is 3.32. The Kier molecular flexibility index (Phi) is 4.53. The predicted molar refractivity (Wildman–Crippen MR) is 106 cm³/mol. The Morgan fingerprint density at radius 1 is 1.04 bits per heavy atom. The largest absolute Gasteiger partial charge is 0.495 e. The van der Waals surface area contributed by atoms with Gasteiger partial charge in [-0.1, -0.05) is 17.7 Å². The summed E-state index contributed by atoms with van der Waals surface area (Å²) < 4.78 is 33.2. The van der Waals surface area contributed by atoms with Crippen molar-refractivity contribution < 1.29 is 13.2 Å². The standard InChI is InChI=1S/C20H17ClN2O3S/c1-26-19-5-3-17(21)13-20(19)27(24,25)23-11-8-16-12-15(2-4-18(16)23)14-6-9-22-10-7-14/h2-7,9-10,12-13H,8,11H2,1H3. The van der Waals surface area contributed by atoms with Crippen molar-refractivity contribution in [3.63, 3.8) is 0 Å². The summed E-state index contributed by atoms with van der Waals surface area (Å²) in [5, 5.41) is 0.349. The van der Waals surface area contributed by atoms with Gasteiger partial charge in [-0.3, -0.25) is 9.29 Å². The smallest absolute Gasteiger partial charge is 0.268 e. The van der Waals surface area contributed by atoms with E-state index < -0.39 is 10.0 Å². The Morgan fingerprint density at radius 2 is 1.81 bits per heavy atom. The van der Waals surface area contributed by atoms with Crippen molar-refractivity contribution in [3.05, 3.63) is 71.5 Å². The van der Waals surface area contributed by atoms with E-state index in [9.17, 15) is 8.42 Å². The molecule has 0 spiro atoms. The molecule has 0 saturated carbocycles. The van der Waals surface area contributed by atoms with Crippen LogP contribution in [0.25, 0.3) is 11.1 Å². The third-order valence-corrected chi connectivity index (χ3v) is 6.71. The SMILES string of the molecule is COc1ccc(Cl)cc1S(=O)(=O)N1CCc2cc(-c3ccncc3)ccc21. The van der Waals surface area contributed by atoms with E-state index in [0.29, 0.717) is 23.7 Å². The molecular weight excluding hydrogens is 384 g/mol. The maximum absolute atomic E-state index is 13.3. The molecule has 7 heteroatoms. The number of hydrogen-bond donors (Lipinski definition) is 0. The van der Waals surface area contributed by atoms with E-state index in [2.05, 4.69) is 4.98 Å². The molecule has 0 unspecified atom stereocenters. The number of sulfonamides is 1. The van der Waals surface area contributed by atoms with E-state index in [1.165, 1.54) is 17.5 Å². The van der Waals surface area contributed by atoms with Crippen molar-refractivity contribution in [3.8, 4) is 16.9 Å². The zero-order valence-electron chi connectivity index (χ0n) is 14.6. The lowest BCUT2D eigenvalue weighted by Gasteiger charge is -2.21. The number of halogens is 1. The van der Waals surface area contributed by atoms with Crippen LogP contribution in [0.2, 0.25) is 5.02 Å². The molecule has 4 rings (SSSR count). The highest BCUT2D eigenvalue weighted by Crippen LogP contribution is 2.38. The molecule has 0 atom stereocenters. The first-order valence-electron chi connectivity index (χ1n) is 8.40. The summed E-state index contributed by atoms with van der Waals surface area (Å²) in [5.74, 6) is 0.279. The topological polar surface area (TPSA) is 59.5 Å². The van der Waals surface area contributed by atoms with Crippen molar-refractivity contribution >= 4 is 27.3 Å². The summed E-state index contributed by atoms with van der Waals surface area (Å²) in [4.78, 5) is 4.11. The van der Waals surface area contributed by atoms with E-state index in [4.69, 9.17) is 16.3 Å². The second-order valence-electron chi connectivity index (χ2n) is 6.20. The molecule has 0 saturated heterocycles. The first-order valence-corrected chi connectivity index (χ1v) is 10.2. The van der Waals surface area contributed by atoms with Crippen molar-refractivity contribution in [2.24, 2.45) is 0 Å². The van der Waals surface area contributed by atoms with Crippen LogP contribution in [0.5, 0.6) is 5.75 Å². The lowest BCUT2D eigenvalue weighted by atomic mass is 10.0. The molecule has 138 valence electrons. The van der Waals surface area contributed by atoms with E-state index in [0.717, 1.165) is 16.7 Å². The van der Waals surface area contributed by atoms with Gasteiger partial charge in [0.15, 0.2) is 0 Å². The number of ether oxygens (including phenoxy) is 1. The molecule has 1 aliphatic rings. The number of methoxy groups -OCH3 is 1. The molecule has 2 heterocycles. The van der Waals surface area contributed by atoms with Gasteiger partial charge in [-0.15, -0.1) is 0 Å². The average molecular weight is 401 g/mol. The van der Waals surface area contributed by atoms with Gasteiger partial charge in [-0.25, -0.2) is 8.42 Å². The minimum absolute atomic E-state index is 0.0727. The molecule has 5 nitrogen and oxygen atoms in total. The van der Waals surface area contributed by atoms with Crippen molar-refractivity contribution in [1.82, 2.24) is 4.98 Å². The first-order chi connectivity index (χ1) is 13.0. The minimum atomic E-state index is -3.78. The van der Waals surface area contributed by atoms with Crippen LogP contribution in [0, 0.1) is 0 Å². The summed E-state index contributed by atoms with van der Waals surface area (Å²) >= 11 is 6.03. The molecule has 1 aliphatic heterocycles. The maximum atomic E-state index is 13.3. The Bertz CT molecular complexity index is 1100. The summed E-state index contributed by atoms with van der Waals surface area (Å²) in [6.07, 6.45) is 4.13. The van der Waals surface area contributed by atoms with Crippen LogP contribution >= 0.6 is 11.6 Å². The number of benzene rings is 2. The van der Waals surface area contributed by atoms with Gasteiger partial charge in [0, 0.05) is 24.0 Å². The van der Waals surface area contributed by atoms with E-state index in [-0.39, 0.29) is 10.6 Å². The molecule has 27 heavy (non-hydrogen) atoms. The van der Waals surface area contributed by atoms with Gasteiger partial charge in [-0.05, 0) is 65.6 Å². The molecule has 2 aromatic carbocycles. The summed E-state index contributed by atoms with van der Waals surface area (Å²) in [6, 6.07) is 14.3. The molecule has 0 N–H and O–H groups in total. The Hall–Kier alpha value is -2.57. The minimum Gasteiger partial charge on any atom is -0.495 e. The van der Waals surface area contributed by atoms with Crippen LogP contribution in [-0.2, 0) is 16.4 Å². The van der Waals surface area contributed by atoms with Gasteiger partial charge in [0.1, 0.15) is 10.6 Å². The van der Waals surface area contributed by atoms with Crippen LogP contribution in [0.15, 0.2) is 65.8 Å². The monoisotopic (exact) mass is 400 g/mol. The summed E-state index contributed by atoms with van der Waals surface area (Å²) in [5.41, 5.74) is 3.77. The fraction of sp³-hybridized carbons (Fsp3) is 0.150. The molecular formula is C20H17ClN2O3S. The normalized spacial score (nSPS) is 13.5. The third kappa shape index (κ3) is 3.15. The Labute approximate surface area is 163 Å². The Morgan fingerprint density at radius 3 is 2.56 bits per heavy atom. The number of rotatable bonds is 4. The summed E-state index contributed by atoms with van der Waals surface area (Å²) in [7, 11) is -2.34.